The maximum atomic E-state index is 12.3. The van der Waals surface area contributed by atoms with Gasteiger partial charge in [-0.15, -0.1) is 0 Å². The van der Waals surface area contributed by atoms with Crippen LogP contribution in [0.25, 0.3) is 0 Å². The van der Waals surface area contributed by atoms with Crippen LogP contribution < -0.4 is 4.72 Å². The molecule has 0 amide bonds. The van der Waals surface area contributed by atoms with E-state index in [-0.39, 0.29) is 6.04 Å². The topological polar surface area (TPSA) is 49.4 Å². The van der Waals surface area contributed by atoms with E-state index in [4.69, 9.17) is 0 Å². The van der Waals surface area contributed by atoms with E-state index in [1.807, 2.05) is 25.9 Å². The molecule has 4 nitrogen and oxygen atoms in total. The first kappa shape index (κ1) is 17.6. The molecule has 0 heterocycles. The molecule has 20 heavy (non-hydrogen) atoms. The lowest BCUT2D eigenvalue weighted by molar-refractivity contribution is 0.233. The van der Waals surface area contributed by atoms with Crippen molar-refractivity contribution in [1.29, 1.82) is 0 Å². The number of nitrogens with zero attached hydrogens (tertiary/aromatic N) is 1. The fraction of sp³-hybridized carbons (Fsp3) is 0.571. The molecule has 1 rings (SSSR count). The van der Waals surface area contributed by atoms with E-state index in [0.717, 1.165) is 10.0 Å². The van der Waals surface area contributed by atoms with Crippen LogP contribution >= 0.6 is 15.9 Å². The predicted molar refractivity (Wildman–Crippen MR) is 86.4 cm³/mol. The van der Waals surface area contributed by atoms with E-state index in [1.165, 1.54) is 0 Å². The fourth-order valence-corrected chi connectivity index (χ4v) is 3.46. The zero-order chi connectivity index (χ0) is 15.5. The first-order valence-electron chi connectivity index (χ1n) is 6.57. The summed E-state index contributed by atoms with van der Waals surface area (Å²) in [5, 5.41) is 0. The first-order valence-corrected chi connectivity index (χ1v) is 8.85. The molecule has 1 aromatic rings. The lowest BCUT2D eigenvalue weighted by Crippen LogP contribution is -2.43. The third-order valence-corrected chi connectivity index (χ3v) is 5.67. The highest BCUT2D eigenvalue weighted by Gasteiger charge is 2.20. The van der Waals surface area contributed by atoms with Gasteiger partial charge in [0.15, 0.2) is 0 Å². The highest BCUT2D eigenvalue weighted by Crippen LogP contribution is 2.20. The van der Waals surface area contributed by atoms with Gasteiger partial charge in [-0.3, -0.25) is 0 Å². The number of hydrogen-bond donors (Lipinski definition) is 1. The molecule has 0 aliphatic heterocycles. The van der Waals surface area contributed by atoms with Crippen molar-refractivity contribution < 1.29 is 8.42 Å². The zero-order valence-corrected chi connectivity index (χ0v) is 15.0. The van der Waals surface area contributed by atoms with Gasteiger partial charge in [0, 0.05) is 17.1 Å². The van der Waals surface area contributed by atoms with Gasteiger partial charge in [0.25, 0.3) is 0 Å². The Kier molecular flexibility index (Phi) is 6.19. The molecule has 0 aliphatic rings. The lowest BCUT2D eigenvalue weighted by Gasteiger charge is -2.28. The summed E-state index contributed by atoms with van der Waals surface area (Å²) >= 11 is 3.37. The molecule has 0 aliphatic carbocycles. The summed E-state index contributed by atoms with van der Waals surface area (Å²) in [4.78, 5) is 2.35. The Morgan fingerprint density at radius 1 is 1.30 bits per heavy atom. The normalized spacial score (nSPS) is 14.0. The van der Waals surface area contributed by atoms with Crippen molar-refractivity contribution in [2.45, 2.75) is 31.7 Å². The van der Waals surface area contributed by atoms with E-state index >= 15 is 0 Å². The SMILES string of the molecule is Cc1cc(S(=O)(=O)NCC(C(C)C)N(C)C)ccc1Br. The van der Waals surface area contributed by atoms with Crippen LogP contribution in [0.1, 0.15) is 19.4 Å². The summed E-state index contributed by atoms with van der Waals surface area (Å²) in [6.45, 7) is 6.45. The summed E-state index contributed by atoms with van der Waals surface area (Å²) < 4.78 is 28.2. The Labute approximate surface area is 130 Å². The largest absolute Gasteiger partial charge is 0.305 e. The van der Waals surface area contributed by atoms with E-state index in [2.05, 4.69) is 34.5 Å². The maximum Gasteiger partial charge on any atom is 0.240 e. The monoisotopic (exact) mass is 362 g/mol. The first-order chi connectivity index (χ1) is 9.15. The molecule has 0 saturated heterocycles. The van der Waals surface area contributed by atoms with Crippen LogP contribution in [0.15, 0.2) is 27.6 Å². The number of hydrogen-bond acceptors (Lipinski definition) is 3. The molecule has 114 valence electrons. The van der Waals surface area contributed by atoms with Crippen molar-refractivity contribution in [3.63, 3.8) is 0 Å². The number of benzene rings is 1. The highest BCUT2D eigenvalue weighted by molar-refractivity contribution is 9.10. The Hall–Kier alpha value is -0.430. The van der Waals surface area contributed by atoms with E-state index in [1.54, 1.807) is 18.2 Å². The highest BCUT2D eigenvalue weighted by atomic mass is 79.9. The number of halogens is 1. The predicted octanol–water partition coefficient (Wildman–Crippen LogP) is 2.62. The van der Waals surface area contributed by atoms with Crippen molar-refractivity contribution in [2.24, 2.45) is 5.92 Å². The molecule has 0 saturated carbocycles. The fourth-order valence-electron chi connectivity index (χ4n) is 2.08. The molecular formula is C14H23BrN2O2S. The maximum absolute atomic E-state index is 12.3. The van der Waals surface area contributed by atoms with Crippen molar-refractivity contribution in [3.8, 4) is 0 Å². The molecule has 0 spiro atoms. The molecule has 1 atom stereocenters. The number of nitrogens with one attached hydrogen (secondary N) is 1. The Morgan fingerprint density at radius 3 is 2.35 bits per heavy atom. The second-order valence-corrected chi connectivity index (χ2v) is 8.16. The lowest BCUT2D eigenvalue weighted by atomic mass is 10.0. The van der Waals surface area contributed by atoms with E-state index in [9.17, 15) is 8.42 Å². The van der Waals surface area contributed by atoms with Crippen molar-refractivity contribution in [1.82, 2.24) is 9.62 Å². The third kappa shape index (κ3) is 4.55. The van der Waals surface area contributed by atoms with Gasteiger partial charge in [-0.2, -0.15) is 0 Å². The molecule has 0 aromatic heterocycles. The summed E-state index contributed by atoms with van der Waals surface area (Å²) in [5.41, 5.74) is 0.904. The second kappa shape index (κ2) is 7.02. The molecule has 0 radical (unpaired) electrons. The quantitative estimate of drug-likeness (QED) is 0.845. The Bertz CT molecular complexity index is 548. The van der Waals surface area contributed by atoms with Crippen LogP contribution in [0.4, 0.5) is 0 Å². The number of rotatable bonds is 6. The molecule has 0 fully saturated rings. The Balaban J connectivity index is 2.87. The molecular weight excluding hydrogens is 340 g/mol. The molecule has 1 unspecified atom stereocenters. The average Bonchev–Trinajstić information content (AvgIpc) is 2.31. The van der Waals surface area contributed by atoms with Gasteiger partial charge in [0.2, 0.25) is 10.0 Å². The third-order valence-electron chi connectivity index (χ3n) is 3.36. The van der Waals surface area contributed by atoms with Gasteiger partial charge in [-0.1, -0.05) is 29.8 Å². The van der Waals surface area contributed by atoms with Crippen LogP contribution in [0.5, 0.6) is 0 Å². The van der Waals surface area contributed by atoms with Crippen LogP contribution in [0, 0.1) is 12.8 Å². The van der Waals surface area contributed by atoms with E-state index in [0.29, 0.717) is 17.4 Å². The summed E-state index contributed by atoms with van der Waals surface area (Å²) in [5.74, 6) is 0.374. The standard InChI is InChI=1S/C14H23BrN2O2S/c1-10(2)14(17(4)5)9-16-20(18,19)12-6-7-13(15)11(3)8-12/h6-8,10,14,16H,9H2,1-5H3. The van der Waals surface area contributed by atoms with Gasteiger partial charge in [-0.05, 0) is 50.7 Å². The van der Waals surface area contributed by atoms with Crippen molar-refractivity contribution >= 4 is 26.0 Å². The second-order valence-electron chi connectivity index (χ2n) is 5.54. The number of aryl methyl sites for hydroxylation is 1. The van der Waals surface area contributed by atoms with Crippen LogP contribution in [0.3, 0.4) is 0 Å². The summed E-state index contributed by atoms with van der Waals surface area (Å²) in [7, 11) is 0.463. The van der Waals surface area contributed by atoms with Gasteiger partial charge in [-0.25, -0.2) is 13.1 Å². The van der Waals surface area contributed by atoms with Gasteiger partial charge < -0.3 is 4.90 Å². The van der Waals surface area contributed by atoms with Crippen LogP contribution in [0.2, 0.25) is 0 Å². The van der Waals surface area contributed by atoms with E-state index < -0.39 is 10.0 Å². The molecule has 1 N–H and O–H groups in total. The number of likely N-dealkylation sites (N-methyl/N-ethyl adjacent to an activating group) is 1. The minimum atomic E-state index is -3.46. The average molecular weight is 363 g/mol. The number of sulfonamides is 1. The summed E-state index contributed by atoms with van der Waals surface area (Å²) in [6, 6.07) is 5.21. The van der Waals surface area contributed by atoms with Crippen molar-refractivity contribution in [3.05, 3.63) is 28.2 Å². The van der Waals surface area contributed by atoms with Crippen molar-refractivity contribution in [2.75, 3.05) is 20.6 Å². The molecule has 0 bridgehead atoms. The van der Waals surface area contributed by atoms with Crippen LogP contribution in [-0.4, -0.2) is 40.0 Å². The smallest absolute Gasteiger partial charge is 0.240 e. The molecule has 6 heteroatoms. The van der Waals surface area contributed by atoms with Gasteiger partial charge in [0.05, 0.1) is 4.90 Å². The van der Waals surface area contributed by atoms with Gasteiger partial charge >= 0.3 is 0 Å². The van der Waals surface area contributed by atoms with Crippen LogP contribution in [-0.2, 0) is 10.0 Å². The Morgan fingerprint density at radius 2 is 1.90 bits per heavy atom. The minimum absolute atomic E-state index is 0.168. The van der Waals surface area contributed by atoms with Gasteiger partial charge in [0.1, 0.15) is 0 Å². The molecule has 1 aromatic carbocycles. The minimum Gasteiger partial charge on any atom is -0.305 e. The summed E-state index contributed by atoms with van der Waals surface area (Å²) in [6.07, 6.45) is 0. The zero-order valence-electron chi connectivity index (χ0n) is 12.6.